The lowest BCUT2D eigenvalue weighted by Crippen LogP contribution is -2.48. The van der Waals surface area contributed by atoms with E-state index in [1.165, 1.54) is 25.3 Å². The molecule has 2 N–H and O–H groups in total. The Morgan fingerprint density at radius 3 is 2.64 bits per heavy atom. The number of halogens is 2. The van der Waals surface area contributed by atoms with Crippen LogP contribution in [0, 0.1) is 11.7 Å². The standard InChI is InChI=1S/C19H29FN4.HI/c1-2-21-19(22-11-8-15-6-7-15)23-17-9-12-24(13-10-17)18-5-3-4-16(20)14-18;/h3-5,14-15,17H,2,6-13H2,1H3,(H2,21,22,23);1H. The van der Waals surface area contributed by atoms with E-state index in [-0.39, 0.29) is 29.8 Å². The van der Waals surface area contributed by atoms with Gasteiger partial charge in [0.1, 0.15) is 5.82 Å². The Labute approximate surface area is 167 Å². The van der Waals surface area contributed by atoms with Gasteiger partial charge in [0.25, 0.3) is 0 Å². The average Bonchev–Trinajstić information content (AvgIpc) is 3.40. The zero-order valence-corrected chi connectivity index (χ0v) is 17.3. The van der Waals surface area contributed by atoms with Crippen LogP contribution in [0.25, 0.3) is 0 Å². The number of hydrogen-bond donors (Lipinski definition) is 2. The van der Waals surface area contributed by atoms with Gasteiger partial charge in [0.05, 0.1) is 0 Å². The Morgan fingerprint density at radius 1 is 1.24 bits per heavy atom. The highest BCUT2D eigenvalue weighted by Gasteiger charge is 2.22. The second-order valence-corrected chi connectivity index (χ2v) is 6.88. The summed E-state index contributed by atoms with van der Waals surface area (Å²) in [4.78, 5) is 6.97. The molecule has 2 aliphatic rings. The van der Waals surface area contributed by atoms with Gasteiger partial charge in [0, 0.05) is 37.9 Å². The van der Waals surface area contributed by atoms with E-state index in [9.17, 15) is 4.39 Å². The van der Waals surface area contributed by atoms with E-state index in [1.807, 2.05) is 6.07 Å². The average molecular weight is 460 g/mol. The number of nitrogens with one attached hydrogen (secondary N) is 2. The van der Waals surface area contributed by atoms with Crippen molar-refractivity contribution < 1.29 is 4.39 Å². The number of piperidine rings is 1. The normalized spacial score (nSPS) is 18.6. The largest absolute Gasteiger partial charge is 0.371 e. The zero-order valence-electron chi connectivity index (χ0n) is 15.0. The molecule has 1 aliphatic carbocycles. The lowest BCUT2D eigenvalue weighted by Gasteiger charge is -2.34. The van der Waals surface area contributed by atoms with Crippen molar-refractivity contribution in [1.29, 1.82) is 0 Å². The summed E-state index contributed by atoms with van der Waals surface area (Å²) in [6, 6.07) is 7.33. The summed E-state index contributed by atoms with van der Waals surface area (Å²) in [5.74, 6) is 1.71. The van der Waals surface area contributed by atoms with Crippen LogP contribution < -0.4 is 15.5 Å². The summed E-state index contributed by atoms with van der Waals surface area (Å²) in [5, 5.41) is 6.92. The van der Waals surface area contributed by atoms with Crippen molar-refractivity contribution in [2.24, 2.45) is 10.9 Å². The second kappa shape index (κ2) is 10.2. The summed E-state index contributed by atoms with van der Waals surface area (Å²) in [6.07, 6.45) is 6.08. The predicted molar refractivity (Wildman–Crippen MR) is 114 cm³/mol. The summed E-state index contributed by atoms with van der Waals surface area (Å²) < 4.78 is 13.4. The smallest absolute Gasteiger partial charge is 0.191 e. The van der Waals surface area contributed by atoms with E-state index >= 15 is 0 Å². The van der Waals surface area contributed by atoms with Gasteiger partial charge >= 0.3 is 0 Å². The highest BCUT2D eigenvalue weighted by Crippen LogP contribution is 2.32. The maximum absolute atomic E-state index is 13.4. The molecule has 25 heavy (non-hydrogen) atoms. The lowest BCUT2D eigenvalue weighted by atomic mass is 10.0. The van der Waals surface area contributed by atoms with Gasteiger partial charge in [0.15, 0.2) is 5.96 Å². The number of nitrogens with zero attached hydrogens (tertiary/aromatic N) is 2. The number of aliphatic imine (C=N–C) groups is 1. The predicted octanol–water partition coefficient (Wildman–Crippen LogP) is 3.77. The number of hydrogen-bond acceptors (Lipinski definition) is 2. The zero-order chi connectivity index (χ0) is 16.8. The molecule has 1 heterocycles. The molecule has 0 unspecified atom stereocenters. The van der Waals surface area contributed by atoms with Gasteiger partial charge in [0.2, 0.25) is 0 Å². The quantitative estimate of drug-likeness (QED) is 0.386. The first-order valence-electron chi connectivity index (χ1n) is 9.30. The fourth-order valence-corrected chi connectivity index (χ4v) is 3.23. The first-order valence-corrected chi connectivity index (χ1v) is 9.30. The van der Waals surface area contributed by atoms with Gasteiger partial charge in [-0.2, -0.15) is 0 Å². The highest BCUT2D eigenvalue weighted by atomic mass is 127. The summed E-state index contributed by atoms with van der Waals surface area (Å²) >= 11 is 0. The van der Waals surface area contributed by atoms with E-state index in [0.717, 1.165) is 56.6 Å². The van der Waals surface area contributed by atoms with Crippen molar-refractivity contribution in [1.82, 2.24) is 10.6 Å². The molecular formula is C19H30FIN4. The molecule has 1 aromatic rings. The molecule has 2 fully saturated rings. The summed E-state index contributed by atoms with van der Waals surface area (Å²) in [7, 11) is 0. The van der Waals surface area contributed by atoms with E-state index in [1.54, 1.807) is 12.1 Å². The number of anilines is 1. The first kappa shape index (κ1) is 20.3. The molecule has 0 spiro atoms. The van der Waals surface area contributed by atoms with Crippen LogP contribution in [0.2, 0.25) is 0 Å². The molecule has 6 heteroatoms. The summed E-state index contributed by atoms with van der Waals surface area (Å²) in [5.41, 5.74) is 0.985. The van der Waals surface area contributed by atoms with E-state index < -0.39 is 0 Å². The van der Waals surface area contributed by atoms with Crippen LogP contribution in [0.3, 0.4) is 0 Å². The molecule has 140 valence electrons. The minimum Gasteiger partial charge on any atom is -0.371 e. The van der Waals surface area contributed by atoms with Crippen molar-refractivity contribution in [3.8, 4) is 0 Å². The topological polar surface area (TPSA) is 39.7 Å². The molecule has 4 nitrogen and oxygen atoms in total. The minimum atomic E-state index is -0.162. The third kappa shape index (κ3) is 6.64. The minimum absolute atomic E-state index is 0. The SMILES string of the molecule is CCNC(=NCCC1CC1)NC1CCN(c2cccc(F)c2)CC1.I. The highest BCUT2D eigenvalue weighted by molar-refractivity contribution is 14.0. The third-order valence-corrected chi connectivity index (χ3v) is 4.86. The molecule has 1 saturated carbocycles. The monoisotopic (exact) mass is 460 g/mol. The van der Waals surface area contributed by atoms with Crippen LogP contribution in [-0.2, 0) is 0 Å². The van der Waals surface area contributed by atoms with Gasteiger partial charge in [-0.25, -0.2) is 4.39 Å². The molecule has 0 aromatic heterocycles. The molecule has 0 radical (unpaired) electrons. The van der Waals surface area contributed by atoms with Gasteiger partial charge < -0.3 is 15.5 Å². The Balaban J connectivity index is 0.00000225. The second-order valence-electron chi connectivity index (χ2n) is 6.88. The van der Waals surface area contributed by atoms with E-state index in [2.05, 4.69) is 22.5 Å². The third-order valence-electron chi connectivity index (χ3n) is 4.86. The fraction of sp³-hybridized carbons (Fsp3) is 0.632. The first-order chi connectivity index (χ1) is 11.7. The lowest BCUT2D eigenvalue weighted by molar-refractivity contribution is 0.461. The van der Waals surface area contributed by atoms with Crippen LogP contribution >= 0.6 is 24.0 Å². The van der Waals surface area contributed by atoms with Crippen LogP contribution in [-0.4, -0.2) is 38.2 Å². The number of guanidine groups is 1. The Bertz CT molecular complexity index is 554. The Morgan fingerprint density at radius 2 is 2.00 bits per heavy atom. The molecular weight excluding hydrogens is 430 g/mol. The van der Waals surface area contributed by atoms with Gasteiger partial charge in [-0.05, 0) is 50.3 Å². The maximum atomic E-state index is 13.4. The van der Waals surface area contributed by atoms with Crippen molar-refractivity contribution in [3.63, 3.8) is 0 Å². The Kier molecular flexibility index (Phi) is 8.26. The van der Waals surface area contributed by atoms with Crippen molar-refractivity contribution in [2.45, 2.75) is 45.1 Å². The van der Waals surface area contributed by atoms with Gasteiger partial charge in [-0.3, -0.25) is 4.99 Å². The molecule has 0 bridgehead atoms. The van der Waals surface area contributed by atoms with Crippen molar-refractivity contribution >= 4 is 35.6 Å². The molecule has 3 rings (SSSR count). The molecule has 0 amide bonds. The van der Waals surface area contributed by atoms with Crippen LogP contribution in [0.5, 0.6) is 0 Å². The van der Waals surface area contributed by atoms with E-state index in [0.29, 0.717) is 6.04 Å². The van der Waals surface area contributed by atoms with Crippen LogP contribution in [0.15, 0.2) is 29.3 Å². The molecule has 1 aliphatic heterocycles. The maximum Gasteiger partial charge on any atom is 0.191 e. The van der Waals surface area contributed by atoms with Crippen LogP contribution in [0.1, 0.15) is 39.0 Å². The number of rotatable bonds is 6. The van der Waals surface area contributed by atoms with E-state index in [4.69, 9.17) is 4.99 Å². The number of benzene rings is 1. The molecule has 1 aromatic carbocycles. The van der Waals surface area contributed by atoms with Gasteiger partial charge in [-0.15, -0.1) is 24.0 Å². The van der Waals surface area contributed by atoms with Crippen molar-refractivity contribution in [2.75, 3.05) is 31.1 Å². The molecule has 1 saturated heterocycles. The van der Waals surface area contributed by atoms with Gasteiger partial charge in [-0.1, -0.05) is 18.9 Å². The van der Waals surface area contributed by atoms with Crippen molar-refractivity contribution in [3.05, 3.63) is 30.1 Å². The molecule has 0 atom stereocenters. The summed E-state index contributed by atoms with van der Waals surface area (Å²) in [6.45, 7) is 5.80. The van der Waals surface area contributed by atoms with Crippen LogP contribution in [0.4, 0.5) is 10.1 Å². The Hall–Kier alpha value is -1.05. The fourth-order valence-electron chi connectivity index (χ4n) is 3.23.